The van der Waals surface area contributed by atoms with Crippen LogP contribution in [0, 0.1) is 15.9 Å². The first kappa shape index (κ1) is 12.0. The van der Waals surface area contributed by atoms with Gasteiger partial charge < -0.3 is 5.32 Å². The molecule has 0 aliphatic heterocycles. The molecule has 2 rings (SSSR count). The fourth-order valence-corrected chi connectivity index (χ4v) is 1.50. The predicted molar refractivity (Wildman–Crippen MR) is 61.4 cm³/mol. The molecule has 0 aliphatic rings. The lowest BCUT2D eigenvalue weighted by molar-refractivity contribution is -0.384. The number of anilines is 1. The van der Waals surface area contributed by atoms with Crippen LogP contribution in [0.1, 0.15) is 5.69 Å². The van der Waals surface area contributed by atoms with Gasteiger partial charge in [0.15, 0.2) is 5.82 Å². The Morgan fingerprint density at radius 1 is 1.56 bits per heavy atom. The minimum Gasteiger partial charge on any atom is -0.371 e. The van der Waals surface area contributed by atoms with E-state index in [4.69, 9.17) is 0 Å². The van der Waals surface area contributed by atoms with Crippen molar-refractivity contribution in [1.29, 1.82) is 0 Å². The van der Waals surface area contributed by atoms with E-state index in [1.54, 1.807) is 13.2 Å². The number of nitrogens with one attached hydrogen (secondary N) is 1. The maximum absolute atomic E-state index is 13.5. The minimum atomic E-state index is -0.673. The number of nitro groups is 1. The molecule has 0 atom stereocenters. The molecule has 2 aromatic rings. The number of benzene rings is 1. The molecule has 7 nitrogen and oxygen atoms in total. The summed E-state index contributed by atoms with van der Waals surface area (Å²) in [7, 11) is 1.70. The van der Waals surface area contributed by atoms with Crippen molar-refractivity contribution in [3.05, 3.63) is 46.0 Å². The third-order valence-electron chi connectivity index (χ3n) is 2.28. The summed E-state index contributed by atoms with van der Waals surface area (Å²) >= 11 is 0. The van der Waals surface area contributed by atoms with Gasteiger partial charge in [0, 0.05) is 19.3 Å². The maximum Gasteiger partial charge on any atom is 0.295 e. The van der Waals surface area contributed by atoms with Gasteiger partial charge in [0.05, 0.1) is 11.5 Å². The normalized spacial score (nSPS) is 10.3. The van der Waals surface area contributed by atoms with Crippen LogP contribution in [0.5, 0.6) is 0 Å². The van der Waals surface area contributed by atoms with E-state index < -0.39 is 10.7 Å². The molecule has 1 aromatic heterocycles. The van der Waals surface area contributed by atoms with Gasteiger partial charge in [0.1, 0.15) is 11.4 Å². The standard InChI is InChI=1S/C10H10FN5O2/c1-15-6-7(13-14-15)5-12-10-8(11)3-2-4-9(10)16(17)18/h2-4,6,12H,5H2,1H3. The SMILES string of the molecule is Cn1cc(CNc2c(F)cccc2[N+](=O)[O-])nn1. The highest BCUT2D eigenvalue weighted by Crippen LogP contribution is 2.27. The summed E-state index contributed by atoms with van der Waals surface area (Å²) in [6, 6.07) is 3.69. The van der Waals surface area contributed by atoms with E-state index in [0.717, 1.165) is 6.07 Å². The molecule has 0 aliphatic carbocycles. The van der Waals surface area contributed by atoms with Gasteiger partial charge in [0.25, 0.3) is 5.69 Å². The quantitative estimate of drug-likeness (QED) is 0.657. The molecule has 0 spiro atoms. The number of hydrogen-bond donors (Lipinski definition) is 1. The second-order valence-electron chi connectivity index (χ2n) is 3.63. The van der Waals surface area contributed by atoms with Crippen molar-refractivity contribution in [3.8, 4) is 0 Å². The molecule has 1 N–H and O–H groups in total. The van der Waals surface area contributed by atoms with Crippen molar-refractivity contribution in [2.75, 3.05) is 5.32 Å². The summed E-state index contributed by atoms with van der Waals surface area (Å²) in [6.07, 6.45) is 1.64. The largest absolute Gasteiger partial charge is 0.371 e. The molecule has 94 valence electrons. The Morgan fingerprint density at radius 3 is 2.94 bits per heavy atom. The molecule has 0 fully saturated rings. The second kappa shape index (κ2) is 4.78. The number of aryl methyl sites for hydroxylation is 1. The molecule has 0 saturated carbocycles. The van der Waals surface area contributed by atoms with Gasteiger partial charge in [-0.15, -0.1) is 5.10 Å². The Bertz CT molecular complexity index is 583. The van der Waals surface area contributed by atoms with Crippen LogP contribution in [-0.2, 0) is 13.6 Å². The zero-order chi connectivity index (χ0) is 13.1. The van der Waals surface area contributed by atoms with Crippen molar-refractivity contribution < 1.29 is 9.31 Å². The van der Waals surface area contributed by atoms with Crippen molar-refractivity contribution in [2.45, 2.75) is 6.54 Å². The number of nitrogens with zero attached hydrogens (tertiary/aromatic N) is 4. The van der Waals surface area contributed by atoms with E-state index in [1.807, 2.05) is 0 Å². The lowest BCUT2D eigenvalue weighted by Crippen LogP contribution is -2.05. The maximum atomic E-state index is 13.5. The Labute approximate surface area is 101 Å². The van der Waals surface area contributed by atoms with Crippen LogP contribution in [-0.4, -0.2) is 19.9 Å². The summed E-state index contributed by atoms with van der Waals surface area (Å²) in [5.74, 6) is -0.673. The number of halogens is 1. The summed E-state index contributed by atoms with van der Waals surface area (Å²) < 4.78 is 15.0. The zero-order valence-electron chi connectivity index (χ0n) is 9.50. The van der Waals surface area contributed by atoms with Gasteiger partial charge in [-0.1, -0.05) is 11.3 Å². The van der Waals surface area contributed by atoms with Gasteiger partial charge in [0.2, 0.25) is 0 Å². The molecule has 0 unspecified atom stereocenters. The van der Waals surface area contributed by atoms with E-state index in [2.05, 4.69) is 15.6 Å². The molecule has 1 heterocycles. The Hall–Kier alpha value is -2.51. The van der Waals surface area contributed by atoms with E-state index >= 15 is 0 Å². The average Bonchev–Trinajstić information content (AvgIpc) is 2.73. The molecule has 1 aromatic carbocycles. The number of hydrogen-bond acceptors (Lipinski definition) is 5. The highest BCUT2D eigenvalue weighted by Gasteiger charge is 2.17. The van der Waals surface area contributed by atoms with Crippen molar-refractivity contribution in [1.82, 2.24) is 15.0 Å². The first-order valence-electron chi connectivity index (χ1n) is 5.10. The number of para-hydroxylation sites is 1. The van der Waals surface area contributed by atoms with Crippen molar-refractivity contribution in [3.63, 3.8) is 0 Å². The first-order valence-corrected chi connectivity index (χ1v) is 5.10. The van der Waals surface area contributed by atoms with E-state index in [0.29, 0.717) is 5.69 Å². The molecular formula is C10H10FN5O2. The van der Waals surface area contributed by atoms with Crippen molar-refractivity contribution in [2.24, 2.45) is 7.05 Å². The molecule has 0 bridgehead atoms. The highest BCUT2D eigenvalue weighted by atomic mass is 19.1. The van der Waals surface area contributed by atoms with Crippen LogP contribution in [0.3, 0.4) is 0 Å². The average molecular weight is 251 g/mol. The Kier molecular flexibility index (Phi) is 3.18. The van der Waals surface area contributed by atoms with Crippen LogP contribution in [0.15, 0.2) is 24.4 Å². The van der Waals surface area contributed by atoms with Crippen LogP contribution in [0.4, 0.5) is 15.8 Å². The van der Waals surface area contributed by atoms with Crippen LogP contribution >= 0.6 is 0 Å². The number of aromatic nitrogens is 3. The van der Waals surface area contributed by atoms with Gasteiger partial charge in [-0.3, -0.25) is 14.8 Å². The second-order valence-corrected chi connectivity index (χ2v) is 3.63. The fraction of sp³-hybridized carbons (Fsp3) is 0.200. The molecular weight excluding hydrogens is 241 g/mol. The summed E-state index contributed by atoms with van der Waals surface area (Å²) in [5.41, 5.74) is 0.113. The Morgan fingerprint density at radius 2 is 2.33 bits per heavy atom. The minimum absolute atomic E-state index is 0.145. The van der Waals surface area contributed by atoms with Crippen molar-refractivity contribution >= 4 is 11.4 Å². The van der Waals surface area contributed by atoms with Crippen LogP contribution in [0.2, 0.25) is 0 Å². The summed E-state index contributed by atoms with van der Waals surface area (Å²) in [5, 5.41) is 20.9. The topological polar surface area (TPSA) is 85.9 Å². The third-order valence-corrected chi connectivity index (χ3v) is 2.28. The van der Waals surface area contributed by atoms with Crippen LogP contribution in [0.25, 0.3) is 0 Å². The summed E-state index contributed by atoms with van der Waals surface area (Å²) in [4.78, 5) is 10.1. The highest BCUT2D eigenvalue weighted by molar-refractivity contribution is 5.62. The van der Waals surface area contributed by atoms with Crippen LogP contribution < -0.4 is 5.32 Å². The summed E-state index contributed by atoms with van der Waals surface area (Å²) in [6.45, 7) is 0.162. The van der Waals surface area contributed by atoms with Gasteiger partial charge in [-0.05, 0) is 6.07 Å². The number of nitro benzene ring substituents is 1. The first-order chi connectivity index (χ1) is 8.58. The molecule has 0 radical (unpaired) electrons. The lowest BCUT2D eigenvalue weighted by Gasteiger charge is -2.05. The predicted octanol–water partition coefficient (Wildman–Crippen LogP) is 1.47. The third kappa shape index (κ3) is 2.42. The van der Waals surface area contributed by atoms with E-state index in [-0.39, 0.29) is 17.9 Å². The monoisotopic (exact) mass is 251 g/mol. The van der Waals surface area contributed by atoms with Gasteiger partial charge in [-0.2, -0.15) is 0 Å². The van der Waals surface area contributed by atoms with Gasteiger partial charge >= 0.3 is 0 Å². The Balaban J connectivity index is 2.20. The lowest BCUT2D eigenvalue weighted by atomic mass is 10.2. The van der Waals surface area contributed by atoms with E-state index in [1.165, 1.54) is 16.8 Å². The molecule has 0 saturated heterocycles. The molecule has 18 heavy (non-hydrogen) atoms. The number of rotatable bonds is 4. The smallest absolute Gasteiger partial charge is 0.295 e. The van der Waals surface area contributed by atoms with Gasteiger partial charge in [-0.25, -0.2) is 4.39 Å². The molecule has 0 amide bonds. The molecule has 8 heteroatoms. The zero-order valence-corrected chi connectivity index (χ0v) is 9.50. The fourth-order valence-electron chi connectivity index (χ4n) is 1.50. The van der Waals surface area contributed by atoms with E-state index in [9.17, 15) is 14.5 Å².